The predicted molar refractivity (Wildman–Crippen MR) is 102 cm³/mol. The maximum Gasteiger partial charge on any atom is 0.254 e. The Morgan fingerprint density at radius 1 is 1.04 bits per heavy atom. The standard InChI is InChI=1S/C20H28N4O2/c1-22-11-13-23(14-12-22)9-5-6-10-24-19(25)15-18(20(24)26)21-16-17-7-3-2-4-8-17/h2-4,7-8,16,18H,5-6,9-15H2,1H3/t18-/m0/s1. The van der Waals surface area contributed by atoms with E-state index in [1.807, 2.05) is 30.3 Å². The summed E-state index contributed by atoms with van der Waals surface area (Å²) in [5.74, 6) is -0.244. The van der Waals surface area contributed by atoms with E-state index in [2.05, 4.69) is 21.8 Å². The van der Waals surface area contributed by atoms with Crippen LogP contribution in [0.5, 0.6) is 0 Å². The predicted octanol–water partition coefficient (Wildman–Crippen LogP) is 1.26. The molecule has 2 fully saturated rings. The van der Waals surface area contributed by atoms with Crippen LogP contribution in [0.2, 0.25) is 0 Å². The van der Waals surface area contributed by atoms with Crippen molar-refractivity contribution in [1.82, 2.24) is 14.7 Å². The fraction of sp³-hybridized carbons (Fsp3) is 0.550. The number of benzene rings is 1. The van der Waals surface area contributed by atoms with Crippen LogP contribution in [-0.4, -0.2) is 85.1 Å². The highest BCUT2D eigenvalue weighted by Crippen LogP contribution is 2.17. The summed E-state index contributed by atoms with van der Waals surface area (Å²) in [7, 11) is 2.15. The molecule has 2 amide bonds. The SMILES string of the molecule is CN1CCN(CCCCN2C(=O)C[C@H](N=Cc3ccccc3)C2=O)CC1. The molecule has 2 saturated heterocycles. The number of hydrogen-bond acceptors (Lipinski definition) is 5. The Bertz CT molecular complexity index is 638. The number of aliphatic imine (C=N–C) groups is 1. The van der Waals surface area contributed by atoms with Crippen molar-refractivity contribution in [3.05, 3.63) is 35.9 Å². The van der Waals surface area contributed by atoms with Crippen molar-refractivity contribution in [1.29, 1.82) is 0 Å². The first kappa shape index (κ1) is 18.7. The van der Waals surface area contributed by atoms with E-state index in [0.717, 1.165) is 51.1 Å². The molecule has 6 heteroatoms. The lowest BCUT2D eigenvalue weighted by molar-refractivity contribution is -0.138. The molecular formula is C20H28N4O2. The molecule has 0 bridgehead atoms. The van der Waals surface area contributed by atoms with Crippen molar-refractivity contribution in [2.24, 2.45) is 4.99 Å². The molecular weight excluding hydrogens is 328 g/mol. The lowest BCUT2D eigenvalue weighted by Gasteiger charge is -2.32. The highest BCUT2D eigenvalue weighted by molar-refractivity contribution is 6.06. The van der Waals surface area contributed by atoms with E-state index in [0.29, 0.717) is 6.54 Å². The van der Waals surface area contributed by atoms with Gasteiger partial charge in [-0.15, -0.1) is 0 Å². The summed E-state index contributed by atoms with van der Waals surface area (Å²) in [5.41, 5.74) is 0.943. The molecule has 0 radical (unpaired) electrons. The van der Waals surface area contributed by atoms with Gasteiger partial charge < -0.3 is 9.80 Å². The molecule has 26 heavy (non-hydrogen) atoms. The lowest BCUT2D eigenvalue weighted by atomic mass is 10.2. The molecule has 2 heterocycles. The van der Waals surface area contributed by atoms with Crippen LogP contribution in [-0.2, 0) is 9.59 Å². The lowest BCUT2D eigenvalue weighted by Crippen LogP contribution is -2.44. The normalized spacial score (nSPS) is 22.7. The zero-order valence-corrected chi connectivity index (χ0v) is 15.5. The van der Waals surface area contributed by atoms with E-state index >= 15 is 0 Å². The van der Waals surface area contributed by atoms with E-state index in [1.165, 1.54) is 4.90 Å². The van der Waals surface area contributed by atoms with Gasteiger partial charge in [0.1, 0.15) is 6.04 Å². The van der Waals surface area contributed by atoms with Crippen LogP contribution < -0.4 is 0 Å². The van der Waals surface area contributed by atoms with Gasteiger partial charge in [0.05, 0.1) is 6.42 Å². The first-order valence-corrected chi connectivity index (χ1v) is 9.47. The van der Waals surface area contributed by atoms with Crippen LogP contribution in [0.25, 0.3) is 0 Å². The first-order valence-electron chi connectivity index (χ1n) is 9.47. The van der Waals surface area contributed by atoms with Crippen molar-refractivity contribution in [2.45, 2.75) is 25.3 Å². The van der Waals surface area contributed by atoms with E-state index in [1.54, 1.807) is 6.21 Å². The fourth-order valence-corrected chi connectivity index (χ4v) is 3.41. The van der Waals surface area contributed by atoms with Crippen LogP contribution in [0.15, 0.2) is 35.3 Å². The van der Waals surface area contributed by atoms with Gasteiger partial charge in [-0.25, -0.2) is 0 Å². The second-order valence-electron chi connectivity index (χ2n) is 7.14. The van der Waals surface area contributed by atoms with Crippen LogP contribution in [0.3, 0.4) is 0 Å². The van der Waals surface area contributed by atoms with Crippen molar-refractivity contribution in [3.63, 3.8) is 0 Å². The first-order chi connectivity index (χ1) is 12.6. The van der Waals surface area contributed by atoms with Gasteiger partial charge in [0.25, 0.3) is 5.91 Å². The molecule has 0 spiro atoms. The second kappa shape index (κ2) is 9.05. The number of likely N-dealkylation sites (tertiary alicyclic amines) is 1. The highest BCUT2D eigenvalue weighted by Gasteiger charge is 2.37. The van der Waals surface area contributed by atoms with E-state index < -0.39 is 6.04 Å². The quantitative estimate of drug-likeness (QED) is 0.419. The van der Waals surface area contributed by atoms with Crippen LogP contribution >= 0.6 is 0 Å². The smallest absolute Gasteiger partial charge is 0.254 e. The summed E-state index contributed by atoms with van der Waals surface area (Å²) in [6, 6.07) is 9.10. The third kappa shape index (κ3) is 4.99. The largest absolute Gasteiger partial charge is 0.304 e. The molecule has 0 saturated carbocycles. The van der Waals surface area contributed by atoms with Crippen molar-refractivity contribution in [3.8, 4) is 0 Å². The van der Waals surface area contributed by atoms with E-state index in [-0.39, 0.29) is 18.2 Å². The highest BCUT2D eigenvalue weighted by atomic mass is 16.2. The maximum absolute atomic E-state index is 12.4. The number of unbranched alkanes of at least 4 members (excludes halogenated alkanes) is 1. The van der Waals surface area contributed by atoms with Gasteiger partial charge in [-0.1, -0.05) is 30.3 Å². The molecule has 1 atom stereocenters. The maximum atomic E-state index is 12.4. The molecule has 0 aliphatic carbocycles. The third-order valence-electron chi connectivity index (χ3n) is 5.13. The number of piperazine rings is 1. The molecule has 2 aliphatic rings. The third-order valence-corrected chi connectivity index (χ3v) is 5.13. The topological polar surface area (TPSA) is 56.2 Å². The van der Waals surface area contributed by atoms with Gasteiger partial charge in [0.15, 0.2) is 0 Å². The summed E-state index contributed by atoms with van der Waals surface area (Å²) in [6.45, 7) is 6.00. The molecule has 2 aliphatic heterocycles. The molecule has 0 unspecified atom stereocenters. The summed E-state index contributed by atoms with van der Waals surface area (Å²) < 4.78 is 0. The van der Waals surface area contributed by atoms with Crippen molar-refractivity contribution in [2.75, 3.05) is 46.3 Å². The number of hydrogen-bond donors (Lipinski definition) is 0. The van der Waals surface area contributed by atoms with Crippen molar-refractivity contribution < 1.29 is 9.59 Å². The molecule has 0 aromatic heterocycles. The van der Waals surface area contributed by atoms with Gasteiger partial charge in [-0.3, -0.25) is 19.5 Å². The number of carbonyl (C=O) groups is 2. The van der Waals surface area contributed by atoms with Gasteiger partial charge in [0.2, 0.25) is 5.91 Å². The van der Waals surface area contributed by atoms with E-state index in [4.69, 9.17) is 0 Å². The Morgan fingerprint density at radius 2 is 1.73 bits per heavy atom. The van der Waals surface area contributed by atoms with Gasteiger partial charge in [-0.05, 0) is 32.0 Å². The molecule has 6 nitrogen and oxygen atoms in total. The molecule has 140 valence electrons. The number of likely N-dealkylation sites (N-methyl/N-ethyl adjacent to an activating group) is 1. The summed E-state index contributed by atoms with van der Waals surface area (Å²) >= 11 is 0. The minimum atomic E-state index is -0.555. The van der Waals surface area contributed by atoms with Gasteiger partial charge >= 0.3 is 0 Å². The number of nitrogens with zero attached hydrogens (tertiary/aromatic N) is 4. The van der Waals surface area contributed by atoms with E-state index in [9.17, 15) is 9.59 Å². The average molecular weight is 356 g/mol. The second-order valence-corrected chi connectivity index (χ2v) is 7.14. The Hall–Kier alpha value is -2.05. The Morgan fingerprint density at radius 3 is 2.46 bits per heavy atom. The van der Waals surface area contributed by atoms with Crippen LogP contribution in [0, 0.1) is 0 Å². The van der Waals surface area contributed by atoms with Crippen LogP contribution in [0.4, 0.5) is 0 Å². The number of carbonyl (C=O) groups excluding carboxylic acids is 2. The molecule has 0 N–H and O–H groups in total. The molecule has 3 rings (SSSR count). The Kier molecular flexibility index (Phi) is 6.52. The number of amides is 2. The Labute approximate surface area is 155 Å². The van der Waals surface area contributed by atoms with Crippen molar-refractivity contribution >= 4 is 18.0 Å². The summed E-state index contributed by atoms with van der Waals surface area (Å²) in [5, 5.41) is 0. The molecule has 1 aromatic carbocycles. The minimum Gasteiger partial charge on any atom is -0.304 e. The minimum absolute atomic E-state index is 0.0928. The fourth-order valence-electron chi connectivity index (χ4n) is 3.41. The summed E-state index contributed by atoms with van der Waals surface area (Å²) in [6.07, 6.45) is 3.75. The summed E-state index contributed by atoms with van der Waals surface area (Å²) in [4.78, 5) is 35.1. The zero-order valence-electron chi connectivity index (χ0n) is 15.5. The molecule has 1 aromatic rings. The van der Waals surface area contributed by atoms with Gasteiger partial charge in [-0.2, -0.15) is 0 Å². The average Bonchev–Trinajstić information content (AvgIpc) is 2.93. The number of imide groups is 1. The van der Waals surface area contributed by atoms with Gasteiger partial charge in [0, 0.05) is 38.9 Å². The monoisotopic (exact) mass is 356 g/mol. The zero-order chi connectivity index (χ0) is 18.4. The van der Waals surface area contributed by atoms with Crippen LogP contribution in [0.1, 0.15) is 24.8 Å². The number of rotatable bonds is 7. The Balaban J connectivity index is 1.42.